The fourth-order valence-corrected chi connectivity index (χ4v) is 11.1. The number of hydrogen-bond acceptors (Lipinski definition) is 21. The van der Waals surface area contributed by atoms with Gasteiger partial charge in [0.15, 0.2) is 0 Å². The van der Waals surface area contributed by atoms with E-state index in [0.29, 0.717) is 15.7 Å². The minimum atomic E-state index is -5.40. The maximum atomic E-state index is 14.3. The number of hydrogen-bond donors (Lipinski definition) is 8. The average molecular weight is 1140 g/mol. The van der Waals surface area contributed by atoms with Gasteiger partial charge in [-0.05, 0) is 49.8 Å². The zero-order valence-electron chi connectivity index (χ0n) is 37.3. The van der Waals surface area contributed by atoms with Gasteiger partial charge in [-0.2, -0.15) is 0 Å². The molecule has 0 saturated carbocycles. The first kappa shape index (κ1) is 58.4. The standard InChI is InChI=1S/C37H48N2O27P6/c38-11-12-55-13-14-57-68(45,46)59-17-18-60-70(49,50)61-19-20-63-71(51,52)65-24-26(66-72(53,54)64-22-21-62-69(47,48)58-16-15-56-67(42,43)44)23-39-36(40)31-9-7-29-27-5-1-3-25-4-2-6-28(33(25)27)30-8-10-32(37(39)41)35(31)34(29)30/h1-10,26H,11-24,38H2,(H,45,46)(H,47,48)(H,49,50)(H,51,52)(H,53,54)(H2,42,43,44). The van der Waals surface area contributed by atoms with E-state index in [9.17, 15) is 61.4 Å². The predicted octanol–water partition coefficient (Wildman–Crippen LogP) is 4.45. The second kappa shape index (κ2) is 24.9. The third kappa shape index (κ3) is 16.3. The Kier molecular flexibility index (Phi) is 20.2. The van der Waals surface area contributed by atoms with Crippen molar-refractivity contribution in [3.8, 4) is 0 Å². The number of imide groups is 1. The summed E-state index contributed by atoms with van der Waals surface area (Å²) in [7, 11) is -30.1. The number of phosphoric ester groups is 6. The fraction of sp³-hybridized carbons (Fsp3) is 0.405. The third-order valence-electron chi connectivity index (χ3n) is 9.81. The Hall–Kier alpha value is -2.88. The highest BCUT2D eigenvalue weighted by molar-refractivity contribution is 7.48. The molecule has 5 aromatic rings. The molecule has 6 unspecified atom stereocenters. The molecule has 1 aliphatic rings. The Morgan fingerprint density at radius 3 is 1.26 bits per heavy atom. The molecule has 0 fully saturated rings. The molecule has 5 aromatic carbocycles. The van der Waals surface area contributed by atoms with Gasteiger partial charge in [0.2, 0.25) is 0 Å². The molecule has 35 heteroatoms. The van der Waals surface area contributed by atoms with Crippen LogP contribution >= 0.6 is 46.9 Å². The summed E-state index contributed by atoms with van der Waals surface area (Å²) in [5.41, 5.74) is 5.36. The van der Waals surface area contributed by atoms with E-state index in [2.05, 4.69) is 31.7 Å². The highest BCUT2D eigenvalue weighted by atomic mass is 31.2. The molecule has 0 aromatic heterocycles. The molecule has 0 spiro atoms. The van der Waals surface area contributed by atoms with Crippen LogP contribution in [0, 0.1) is 0 Å². The van der Waals surface area contributed by atoms with Crippen LogP contribution in [0.25, 0.3) is 43.1 Å². The van der Waals surface area contributed by atoms with E-state index in [0.717, 1.165) is 32.3 Å². The molecule has 72 heavy (non-hydrogen) atoms. The lowest BCUT2D eigenvalue weighted by molar-refractivity contribution is 0.0243. The van der Waals surface area contributed by atoms with E-state index in [1.165, 1.54) is 12.1 Å². The number of amides is 2. The van der Waals surface area contributed by atoms with E-state index in [4.69, 9.17) is 38.4 Å². The van der Waals surface area contributed by atoms with Crippen molar-refractivity contribution in [2.24, 2.45) is 5.73 Å². The van der Waals surface area contributed by atoms with Crippen LogP contribution in [0.4, 0.5) is 0 Å². The van der Waals surface area contributed by atoms with Crippen molar-refractivity contribution in [1.29, 1.82) is 0 Å². The minimum absolute atomic E-state index is 0.0532. The monoisotopic (exact) mass is 1140 g/mol. The van der Waals surface area contributed by atoms with Gasteiger partial charge in [-0.15, -0.1) is 0 Å². The number of nitrogens with two attached hydrogens (primary N) is 1. The maximum absolute atomic E-state index is 14.3. The Labute approximate surface area is 407 Å². The summed E-state index contributed by atoms with van der Waals surface area (Å²) >= 11 is 0. The normalized spacial score (nSPS) is 18.1. The Morgan fingerprint density at radius 2 is 0.833 bits per heavy atom. The summed E-state index contributed by atoms with van der Waals surface area (Å²) in [4.78, 5) is 97.1. The van der Waals surface area contributed by atoms with E-state index in [1.54, 1.807) is 12.1 Å². The Bertz CT molecular complexity index is 2930. The van der Waals surface area contributed by atoms with Gasteiger partial charge >= 0.3 is 46.9 Å². The average Bonchev–Trinajstić information content (AvgIpc) is 3.30. The van der Waals surface area contributed by atoms with Crippen LogP contribution in [0.2, 0.25) is 0 Å². The summed E-state index contributed by atoms with van der Waals surface area (Å²) < 4.78 is 130. The predicted molar refractivity (Wildman–Crippen MR) is 248 cm³/mol. The third-order valence-corrected chi connectivity index (χ3v) is 15.4. The van der Waals surface area contributed by atoms with Crippen LogP contribution in [0.15, 0.2) is 60.7 Å². The molecular formula is C37H48N2O27P6. The molecule has 1 aliphatic heterocycles. The molecule has 1 heterocycles. The number of ether oxygens (including phenoxy) is 1. The lowest BCUT2D eigenvalue weighted by atomic mass is 9.85. The van der Waals surface area contributed by atoms with Gasteiger partial charge in [0.1, 0.15) is 6.10 Å². The van der Waals surface area contributed by atoms with E-state index in [1.807, 2.05) is 36.4 Å². The number of fused-ring (bicyclic) bond motifs is 2. The quantitative estimate of drug-likeness (QED) is 0.00945. The summed E-state index contributed by atoms with van der Waals surface area (Å²) in [6, 6.07) is 18.0. The van der Waals surface area contributed by atoms with Crippen LogP contribution in [0.1, 0.15) is 20.7 Å². The summed E-state index contributed by atoms with van der Waals surface area (Å²) in [6.45, 7) is -9.09. The molecule has 6 atom stereocenters. The van der Waals surface area contributed by atoms with Crippen LogP contribution in [-0.2, 0) is 81.9 Å². The van der Waals surface area contributed by atoms with Crippen LogP contribution in [0.3, 0.4) is 0 Å². The lowest BCUT2D eigenvalue weighted by Crippen LogP contribution is -2.46. The second-order valence-electron chi connectivity index (χ2n) is 14.8. The van der Waals surface area contributed by atoms with E-state index >= 15 is 0 Å². The summed E-state index contributed by atoms with van der Waals surface area (Å²) in [6.07, 6.45) is -1.99. The smallest absolute Gasteiger partial charge is 0.378 e. The van der Waals surface area contributed by atoms with Gasteiger partial charge in [0.05, 0.1) is 85.8 Å². The Balaban J connectivity index is 1.10. The molecule has 6 rings (SSSR count). The van der Waals surface area contributed by atoms with Crippen molar-refractivity contribution in [3.63, 3.8) is 0 Å². The van der Waals surface area contributed by atoms with Gasteiger partial charge in [0, 0.05) is 23.1 Å². The summed E-state index contributed by atoms with van der Waals surface area (Å²) in [5, 5.41) is 6.14. The number of phosphoric acid groups is 6. The van der Waals surface area contributed by atoms with Crippen molar-refractivity contribution in [1.82, 2.24) is 4.90 Å². The zero-order chi connectivity index (χ0) is 52.5. The molecular weight excluding hydrogens is 1090 g/mol. The van der Waals surface area contributed by atoms with Crippen molar-refractivity contribution in [2.45, 2.75) is 6.10 Å². The van der Waals surface area contributed by atoms with Crippen molar-refractivity contribution in [3.05, 3.63) is 71.8 Å². The summed E-state index contributed by atoms with van der Waals surface area (Å²) in [5.74, 6) is -1.81. The Morgan fingerprint density at radius 1 is 0.444 bits per heavy atom. The van der Waals surface area contributed by atoms with Crippen molar-refractivity contribution in [2.75, 3.05) is 92.4 Å². The van der Waals surface area contributed by atoms with Gasteiger partial charge in [-0.25, -0.2) is 27.4 Å². The number of benzene rings is 5. The number of rotatable bonds is 33. The van der Waals surface area contributed by atoms with E-state index in [-0.39, 0.29) is 37.5 Å². The van der Waals surface area contributed by atoms with Crippen LogP contribution in [-0.4, -0.2) is 149 Å². The number of carbonyl (C=O) groups is 2. The highest BCUT2D eigenvalue weighted by Gasteiger charge is 2.39. The molecule has 2 amide bonds. The van der Waals surface area contributed by atoms with Crippen molar-refractivity contribution >= 4 is 102 Å². The van der Waals surface area contributed by atoms with Gasteiger partial charge in [-0.1, -0.05) is 48.5 Å². The molecule has 398 valence electrons. The molecule has 29 nitrogen and oxygen atoms in total. The number of nitrogens with zero attached hydrogens (tertiary/aromatic N) is 1. The fourth-order valence-electron chi connectivity index (χ4n) is 7.13. The zero-order valence-corrected chi connectivity index (χ0v) is 42.6. The highest BCUT2D eigenvalue weighted by Crippen LogP contribution is 2.50. The minimum Gasteiger partial charge on any atom is -0.378 e. The molecule has 0 saturated heterocycles. The van der Waals surface area contributed by atoms with Gasteiger partial charge in [0.25, 0.3) is 11.8 Å². The molecule has 0 radical (unpaired) electrons. The number of carbonyl (C=O) groups excluding carboxylic acids is 2. The first-order valence-electron chi connectivity index (χ1n) is 20.9. The van der Waals surface area contributed by atoms with Crippen LogP contribution < -0.4 is 5.73 Å². The molecule has 0 bridgehead atoms. The van der Waals surface area contributed by atoms with Gasteiger partial charge in [-0.3, -0.25) is 64.3 Å². The lowest BCUT2D eigenvalue weighted by Gasteiger charge is -2.31. The van der Waals surface area contributed by atoms with Crippen LogP contribution in [0.5, 0.6) is 0 Å². The molecule has 0 aliphatic carbocycles. The van der Waals surface area contributed by atoms with E-state index < -0.39 is 131 Å². The van der Waals surface area contributed by atoms with Crippen molar-refractivity contribution < 1.29 is 126 Å². The maximum Gasteiger partial charge on any atom is 0.472 e. The SMILES string of the molecule is NCCOCCOP(=O)(O)OCCOP(=O)(O)OCCOP(=O)(O)OCC(CN1C(=O)c2ccc3c4cccc5cccc(c6ccc(c2c36)C1=O)c54)OP(=O)(O)OCCOP(=O)(O)OCCOP(=O)(O)O. The first-order valence-corrected chi connectivity index (χ1v) is 29.9. The molecule has 9 N–H and O–H groups in total. The van der Waals surface area contributed by atoms with Gasteiger partial charge < -0.3 is 44.7 Å². The second-order valence-corrected chi connectivity index (χ2v) is 23.2. The largest absolute Gasteiger partial charge is 0.472 e. The first-order chi connectivity index (χ1) is 33.8. The topological polar surface area (TPSA) is 418 Å².